The molecule has 4 rings (SSSR count). The maximum Gasteiger partial charge on any atom is 0.249 e. The second kappa shape index (κ2) is 12.6. The molecule has 2 amide bonds. The van der Waals surface area contributed by atoms with Crippen LogP contribution in [0, 0.1) is 5.92 Å². The van der Waals surface area contributed by atoms with Crippen molar-refractivity contribution < 1.29 is 9.59 Å². The number of aromatic nitrogens is 3. The number of nitrogens with one attached hydrogen (secondary N) is 3. The topological polar surface area (TPSA) is 103 Å². The molecule has 0 radical (unpaired) electrons. The van der Waals surface area contributed by atoms with Crippen molar-refractivity contribution in [1.82, 2.24) is 20.1 Å². The molecule has 2 aromatic heterocycles. The largest absolute Gasteiger partial charge is 0.309 e. The van der Waals surface area contributed by atoms with Crippen LogP contribution in [-0.4, -0.2) is 51.5 Å². The highest BCUT2D eigenvalue weighted by molar-refractivity contribution is 5.98. The van der Waals surface area contributed by atoms with E-state index in [0.29, 0.717) is 17.6 Å². The zero-order valence-corrected chi connectivity index (χ0v) is 22.7. The minimum atomic E-state index is -0.328. The van der Waals surface area contributed by atoms with E-state index in [2.05, 4.69) is 44.6 Å². The predicted octanol–water partition coefficient (Wildman–Crippen LogP) is 5.56. The zero-order chi connectivity index (χ0) is 27.1. The summed E-state index contributed by atoms with van der Waals surface area (Å²) in [4.78, 5) is 32.2. The first-order chi connectivity index (χ1) is 18.4. The maximum atomic E-state index is 13.3. The molecule has 38 heavy (non-hydrogen) atoms. The molecular formula is C30H38N6O2. The molecule has 0 bridgehead atoms. The molecule has 2 heterocycles. The molecule has 1 atom stereocenters. The molecule has 1 aliphatic carbocycles. The summed E-state index contributed by atoms with van der Waals surface area (Å²) >= 11 is 0. The third-order valence-corrected chi connectivity index (χ3v) is 6.94. The minimum Gasteiger partial charge on any atom is -0.309 e. The lowest BCUT2D eigenvalue weighted by Gasteiger charge is -2.21. The fourth-order valence-corrected chi connectivity index (χ4v) is 4.56. The summed E-state index contributed by atoms with van der Waals surface area (Å²) in [6.07, 6.45) is 7.49. The number of carbonyl (C=O) groups is 2. The number of amides is 2. The summed E-state index contributed by atoms with van der Waals surface area (Å²) in [5.74, 6) is 1.11. The molecule has 0 aliphatic heterocycles. The van der Waals surface area contributed by atoms with Gasteiger partial charge in [0.2, 0.25) is 11.8 Å². The molecule has 1 saturated carbocycles. The summed E-state index contributed by atoms with van der Waals surface area (Å²) in [7, 11) is 0. The Labute approximate surface area is 224 Å². The molecule has 0 saturated heterocycles. The van der Waals surface area contributed by atoms with E-state index in [9.17, 15) is 9.59 Å². The van der Waals surface area contributed by atoms with Gasteiger partial charge in [-0.15, -0.1) is 0 Å². The number of rotatable bonds is 12. The highest BCUT2D eigenvalue weighted by Gasteiger charge is 2.28. The number of H-pyrrole nitrogens is 1. The average molecular weight is 515 g/mol. The van der Waals surface area contributed by atoms with Gasteiger partial charge in [0, 0.05) is 42.1 Å². The lowest BCUT2D eigenvalue weighted by molar-refractivity contribution is -0.118. The van der Waals surface area contributed by atoms with Crippen LogP contribution in [0.2, 0.25) is 0 Å². The Kier molecular flexibility index (Phi) is 9.07. The smallest absolute Gasteiger partial charge is 0.249 e. The van der Waals surface area contributed by atoms with Crippen molar-refractivity contribution in [2.24, 2.45) is 5.92 Å². The van der Waals surface area contributed by atoms with Gasteiger partial charge in [-0.05, 0) is 55.1 Å². The second-order valence-corrected chi connectivity index (χ2v) is 10.1. The van der Waals surface area contributed by atoms with Crippen molar-refractivity contribution in [3.63, 3.8) is 0 Å². The number of benzene rings is 1. The maximum absolute atomic E-state index is 13.3. The van der Waals surface area contributed by atoms with E-state index in [-0.39, 0.29) is 23.7 Å². The number of anilines is 2. The van der Waals surface area contributed by atoms with E-state index in [1.807, 2.05) is 56.3 Å². The van der Waals surface area contributed by atoms with E-state index in [4.69, 9.17) is 0 Å². The Bertz CT molecular complexity index is 1260. The van der Waals surface area contributed by atoms with Crippen LogP contribution in [0.4, 0.5) is 11.6 Å². The van der Waals surface area contributed by atoms with E-state index < -0.39 is 0 Å². The highest BCUT2D eigenvalue weighted by Crippen LogP contribution is 2.39. The van der Waals surface area contributed by atoms with E-state index in [0.717, 1.165) is 42.0 Å². The summed E-state index contributed by atoms with van der Waals surface area (Å²) in [5, 5.41) is 13.1. The average Bonchev–Trinajstić information content (AvgIpc) is 3.66. The van der Waals surface area contributed by atoms with E-state index in [1.165, 1.54) is 12.8 Å². The van der Waals surface area contributed by atoms with Crippen LogP contribution >= 0.6 is 0 Å². The van der Waals surface area contributed by atoms with Crippen LogP contribution in [-0.2, 0) is 9.59 Å². The van der Waals surface area contributed by atoms with Crippen molar-refractivity contribution >= 4 is 23.5 Å². The molecule has 3 N–H and O–H groups in total. The molecule has 0 spiro atoms. The molecular weight excluding hydrogens is 476 g/mol. The molecule has 200 valence electrons. The first kappa shape index (κ1) is 27.3. The van der Waals surface area contributed by atoms with Crippen LogP contribution in [0.25, 0.3) is 11.1 Å². The normalized spacial score (nSPS) is 14.3. The summed E-state index contributed by atoms with van der Waals surface area (Å²) in [6, 6.07) is 13.6. The third kappa shape index (κ3) is 7.16. The summed E-state index contributed by atoms with van der Waals surface area (Å²) < 4.78 is 0. The lowest BCUT2D eigenvalue weighted by atomic mass is 9.86. The van der Waals surface area contributed by atoms with Crippen molar-refractivity contribution in [2.75, 3.05) is 30.3 Å². The Hall–Kier alpha value is -3.78. The monoisotopic (exact) mass is 514 g/mol. The number of nitrogens with zero attached hydrogens (tertiary/aromatic N) is 3. The van der Waals surface area contributed by atoms with E-state index >= 15 is 0 Å². The van der Waals surface area contributed by atoms with Crippen LogP contribution < -0.4 is 10.6 Å². The van der Waals surface area contributed by atoms with Crippen LogP contribution in [0.5, 0.6) is 0 Å². The molecule has 1 unspecified atom stereocenters. The molecule has 1 aliphatic rings. The molecule has 8 heteroatoms. The predicted molar refractivity (Wildman–Crippen MR) is 152 cm³/mol. The number of likely N-dealkylation sites (N-methyl/N-ethyl adjacent to an activating group) is 1. The van der Waals surface area contributed by atoms with Crippen LogP contribution in [0.1, 0.15) is 63.6 Å². The number of aromatic amines is 1. The van der Waals surface area contributed by atoms with Crippen molar-refractivity contribution in [3.8, 4) is 11.1 Å². The lowest BCUT2D eigenvalue weighted by Crippen LogP contribution is -2.25. The third-order valence-electron chi connectivity index (χ3n) is 6.94. The van der Waals surface area contributed by atoms with Gasteiger partial charge in [0.25, 0.3) is 0 Å². The Balaban J connectivity index is 1.41. The first-order valence-corrected chi connectivity index (χ1v) is 13.5. The fourth-order valence-electron chi connectivity index (χ4n) is 4.56. The van der Waals surface area contributed by atoms with Gasteiger partial charge in [-0.2, -0.15) is 5.10 Å². The summed E-state index contributed by atoms with van der Waals surface area (Å²) in [6.45, 7) is 10.9. The number of hydrogen-bond donors (Lipinski definition) is 3. The van der Waals surface area contributed by atoms with Crippen molar-refractivity contribution in [3.05, 3.63) is 72.1 Å². The zero-order valence-electron chi connectivity index (χ0n) is 22.7. The Morgan fingerprint density at radius 2 is 1.84 bits per heavy atom. The Morgan fingerprint density at radius 1 is 1.05 bits per heavy atom. The number of carbonyl (C=O) groups excluding carboxylic acids is 2. The number of pyridine rings is 1. The van der Waals surface area contributed by atoms with Crippen molar-refractivity contribution in [1.29, 1.82) is 0 Å². The molecule has 8 nitrogen and oxygen atoms in total. The molecule has 1 fully saturated rings. The molecule has 1 aromatic carbocycles. The van der Waals surface area contributed by atoms with Gasteiger partial charge in [-0.25, -0.2) is 4.98 Å². The second-order valence-electron chi connectivity index (χ2n) is 10.1. The van der Waals surface area contributed by atoms with Gasteiger partial charge in [-0.1, -0.05) is 58.0 Å². The van der Waals surface area contributed by atoms with Gasteiger partial charge >= 0.3 is 0 Å². The standard InChI is InChI=1S/C30H38N6O2/c1-5-36(6-2)16-8-11-28(37)32-26-15-14-24(19-31-26)22-9-7-10-23(17-22)29(20(3)4)30(38)33-27-18-25(34-35-27)21-12-13-21/h7-11,14-15,17-21,29H,5-6,12-13,16H2,1-4H3,(H,31,32,37)(H2,33,34,35,38)/b11-8+. The van der Waals surface area contributed by atoms with Crippen LogP contribution in [0.3, 0.4) is 0 Å². The quantitative estimate of drug-likeness (QED) is 0.275. The van der Waals surface area contributed by atoms with Gasteiger partial charge in [0.15, 0.2) is 5.82 Å². The van der Waals surface area contributed by atoms with Gasteiger partial charge in [0.1, 0.15) is 5.82 Å². The van der Waals surface area contributed by atoms with Gasteiger partial charge in [0.05, 0.1) is 5.92 Å². The van der Waals surface area contributed by atoms with Crippen LogP contribution in [0.15, 0.2) is 60.8 Å². The first-order valence-electron chi connectivity index (χ1n) is 13.5. The highest BCUT2D eigenvalue weighted by atomic mass is 16.2. The van der Waals surface area contributed by atoms with Crippen molar-refractivity contribution in [2.45, 2.75) is 52.4 Å². The number of hydrogen-bond acceptors (Lipinski definition) is 5. The SMILES string of the molecule is CCN(CC)C/C=C/C(=O)Nc1ccc(-c2cccc(C(C(=O)Nc3cc(C4CC4)[nH]n3)C(C)C)c2)cn1. The Morgan fingerprint density at radius 3 is 2.50 bits per heavy atom. The summed E-state index contributed by atoms with van der Waals surface area (Å²) in [5.41, 5.74) is 3.89. The van der Waals surface area contributed by atoms with Gasteiger partial charge < -0.3 is 15.5 Å². The fraction of sp³-hybridized carbons (Fsp3) is 0.400. The van der Waals surface area contributed by atoms with E-state index in [1.54, 1.807) is 18.3 Å². The molecule has 3 aromatic rings. The minimum absolute atomic E-state index is 0.0729. The van der Waals surface area contributed by atoms with Gasteiger partial charge in [-0.3, -0.25) is 14.7 Å².